The zero-order valence-electron chi connectivity index (χ0n) is 15.1. The van der Waals surface area contributed by atoms with E-state index in [9.17, 15) is 33.0 Å². The lowest BCUT2D eigenvalue weighted by Crippen LogP contribution is -2.36. The van der Waals surface area contributed by atoms with Crippen molar-refractivity contribution in [3.05, 3.63) is 52.9 Å². The highest BCUT2D eigenvalue weighted by molar-refractivity contribution is 8.18. The summed E-state index contributed by atoms with van der Waals surface area (Å²) in [6.07, 6.45) is 1.28. The number of phenolic OH excluding ortho intramolecular Hbond substituents is 2. The molecule has 0 bridgehead atoms. The van der Waals surface area contributed by atoms with Crippen molar-refractivity contribution in [2.45, 2.75) is 4.90 Å². The molecule has 3 amide bonds. The maximum absolute atomic E-state index is 12.5. The van der Waals surface area contributed by atoms with Crippen molar-refractivity contribution in [1.29, 1.82) is 0 Å². The van der Waals surface area contributed by atoms with Crippen LogP contribution in [0, 0.1) is 0 Å². The van der Waals surface area contributed by atoms with Gasteiger partial charge in [0.2, 0.25) is 15.9 Å². The maximum atomic E-state index is 12.5. The third kappa shape index (κ3) is 4.79. The molecule has 0 atom stereocenters. The number of sulfonamides is 1. The molecule has 0 radical (unpaired) electrons. The highest BCUT2D eigenvalue weighted by Crippen LogP contribution is 2.34. The average molecular weight is 449 g/mol. The second kappa shape index (κ2) is 8.18. The minimum absolute atomic E-state index is 0.00583. The van der Waals surface area contributed by atoms with Crippen LogP contribution in [0.2, 0.25) is 0 Å². The second-order valence-electron chi connectivity index (χ2n) is 6.13. The monoisotopic (exact) mass is 449 g/mol. The average Bonchev–Trinajstić information content (AvgIpc) is 2.91. The molecule has 12 heteroatoms. The van der Waals surface area contributed by atoms with E-state index in [0.717, 1.165) is 11.0 Å². The predicted octanol–water partition coefficient (Wildman–Crippen LogP) is 1.42. The lowest BCUT2D eigenvalue weighted by atomic mass is 10.1. The summed E-state index contributed by atoms with van der Waals surface area (Å²) < 4.78 is 22.5. The number of carbonyl (C=O) groups excluding carboxylic acids is 3. The molecule has 1 aliphatic heterocycles. The summed E-state index contributed by atoms with van der Waals surface area (Å²) in [6.45, 7) is -0.555. The quantitative estimate of drug-likeness (QED) is 0.497. The van der Waals surface area contributed by atoms with Crippen molar-refractivity contribution in [2.24, 2.45) is 5.14 Å². The van der Waals surface area contributed by atoms with Crippen LogP contribution in [0.4, 0.5) is 10.5 Å². The summed E-state index contributed by atoms with van der Waals surface area (Å²) in [5, 5.41) is 25.9. The van der Waals surface area contributed by atoms with E-state index in [0.29, 0.717) is 11.8 Å². The summed E-state index contributed by atoms with van der Waals surface area (Å²) in [5.74, 6) is -1.82. The van der Waals surface area contributed by atoms with Crippen LogP contribution in [0.1, 0.15) is 5.56 Å². The van der Waals surface area contributed by atoms with Gasteiger partial charge in [0.1, 0.15) is 18.0 Å². The molecule has 30 heavy (non-hydrogen) atoms. The van der Waals surface area contributed by atoms with Crippen LogP contribution >= 0.6 is 11.8 Å². The lowest BCUT2D eigenvalue weighted by Gasteiger charge is -2.12. The van der Waals surface area contributed by atoms with Crippen molar-refractivity contribution in [3.63, 3.8) is 0 Å². The molecule has 0 aromatic heterocycles. The number of thioether (sulfide) groups is 1. The SMILES string of the molecule is NS(=O)(=O)c1ccc(NC(=O)CN2C(=O)S/C(=C\c3ccc(O)cc3O)C2=O)cc1. The molecule has 1 heterocycles. The van der Waals surface area contributed by atoms with Crippen molar-refractivity contribution in [3.8, 4) is 11.5 Å². The first-order chi connectivity index (χ1) is 14.0. The van der Waals surface area contributed by atoms with Crippen LogP contribution < -0.4 is 10.5 Å². The second-order valence-corrected chi connectivity index (χ2v) is 8.68. The number of imide groups is 1. The van der Waals surface area contributed by atoms with Crippen LogP contribution in [0.25, 0.3) is 6.08 Å². The molecule has 5 N–H and O–H groups in total. The summed E-state index contributed by atoms with van der Waals surface area (Å²) in [5.41, 5.74) is 0.474. The Balaban J connectivity index is 1.69. The zero-order chi connectivity index (χ0) is 22.1. The van der Waals surface area contributed by atoms with Crippen LogP contribution in [0.5, 0.6) is 11.5 Å². The van der Waals surface area contributed by atoms with Gasteiger partial charge in [-0.15, -0.1) is 0 Å². The first-order valence-electron chi connectivity index (χ1n) is 8.24. The topological polar surface area (TPSA) is 167 Å². The Morgan fingerprint density at radius 2 is 1.80 bits per heavy atom. The van der Waals surface area contributed by atoms with Crippen LogP contribution in [-0.2, 0) is 19.6 Å². The maximum Gasteiger partial charge on any atom is 0.294 e. The molecular weight excluding hydrogens is 434 g/mol. The molecule has 156 valence electrons. The Labute approximate surface area is 175 Å². The Hall–Kier alpha value is -3.35. The van der Waals surface area contributed by atoms with Crippen molar-refractivity contribution < 1.29 is 33.0 Å². The number of carbonyl (C=O) groups is 3. The van der Waals surface area contributed by atoms with Crippen molar-refractivity contribution in [2.75, 3.05) is 11.9 Å². The Bertz CT molecular complexity index is 1170. The van der Waals surface area contributed by atoms with E-state index in [-0.39, 0.29) is 32.6 Å². The molecule has 0 spiro atoms. The fourth-order valence-corrected chi connectivity index (χ4v) is 3.85. The standard InChI is InChI=1S/C18H15N3O7S2/c19-30(27,28)13-5-2-11(3-6-13)20-16(24)9-21-17(25)15(29-18(21)26)7-10-1-4-12(22)8-14(10)23/h1-8,22-23H,9H2,(H,20,24)(H2,19,27,28)/b15-7-. The number of rotatable bonds is 5. The number of nitrogens with zero attached hydrogens (tertiary/aromatic N) is 1. The minimum atomic E-state index is -3.87. The Morgan fingerprint density at radius 1 is 1.13 bits per heavy atom. The van der Waals surface area contributed by atoms with E-state index in [4.69, 9.17) is 5.14 Å². The molecule has 10 nitrogen and oxygen atoms in total. The first kappa shape index (κ1) is 21.4. The number of aromatic hydroxyl groups is 2. The van der Waals surface area contributed by atoms with Crippen LogP contribution in [-0.4, -0.2) is 47.1 Å². The minimum Gasteiger partial charge on any atom is -0.508 e. The van der Waals surface area contributed by atoms with Crippen molar-refractivity contribution >= 4 is 50.6 Å². The molecular formula is C18H15N3O7S2. The zero-order valence-corrected chi connectivity index (χ0v) is 16.7. The molecule has 1 fully saturated rings. The number of benzene rings is 2. The van der Waals surface area contributed by atoms with Gasteiger partial charge in [-0.05, 0) is 54.2 Å². The normalized spacial score (nSPS) is 15.6. The van der Waals surface area contributed by atoms with Gasteiger partial charge >= 0.3 is 0 Å². The molecule has 0 unspecified atom stereocenters. The number of nitrogens with two attached hydrogens (primary N) is 1. The number of hydrogen-bond donors (Lipinski definition) is 4. The van der Waals surface area contributed by atoms with Crippen LogP contribution in [0.3, 0.4) is 0 Å². The van der Waals surface area contributed by atoms with E-state index >= 15 is 0 Å². The number of nitrogens with one attached hydrogen (secondary N) is 1. The van der Waals surface area contributed by atoms with Crippen molar-refractivity contribution in [1.82, 2.24) is 4.90 Å². The van der Waals surface area contributed by atoms with Gasteiger partial charge in [0.05, 0.1) is 9.80 Å². The van der Waals surface area contributed by atoms with Gasteiger partial charge < -0.3 is 15.5 Å². The van der Waals surface area contributed by atoms with Gasteiger partial charge in [0.25, 0.3) is 11.1 Å². The number of amides is 3. The summed E-state index contributed by atoms with van der Waals surface area (Å²) in [6, 6.07) is 8.82. The highest BCUT2D eigenvalue weighted by atomic mass is 32.2. The summed E-state index contributed by atoms with van der Waals surface area (Å²) in [7, 11) is -3.87. The van der Waals surface area contributed by atoms with Gasteiger partial charge in [0, 0.05) is 17.3 Å². The number of hydrogen-bond acceptors (Lipinski definition) is 8. The third-order valence-electron chi connectivity index (χ3n) is 3.94. The highest BCUT2D eigenvalue weighted by Gasteiger charge is 2.36. The molecule has 1 aliphatic rings. The van der Waals surface area contributed by atoms with E-state index < -0.39 is 33.6 Å². The first-order valence-corrected chi connectivity index (χ1v) is 10.6. The molecule has 3 rings (SSSR count). The van der Waals surface area contributed by atoms with E-state index in [1.54, 1.807) is 0 Å². The molecule has 2 aromatic carbocycles. The van der Waals surface area contributed by atoms with Gasteiger partial charge in [-0.25, -0.2) is 13.6 Å². The molecule has 2 aromatic rings. The fraction of sp³-hybridized carbons (Fsp3) is 0.0556. The summed E-state index contributed by atoms with van der Waals surface area (Å²) >= 11 is 0.607. The molecule has 0 saturated carbocycles. The predicted molar refractivity (Wildman–Crippen MR) is 109 cm³/mol. The molecule has 1 saturated heterocycles. The van der Waals surface area contributed by atoms with Gasteiger partial charge in [-0.2, -0.15) is 0 Å². The van der Waals surface area contributed by atoms with Gasteiger partial charge in [-0.1, -0.05) is 0 Å². The molecule has 0 aliphatic carbocycles. The lowest BCUT2D eigenvalue weighted by molar-refractivity contribution is -0.127. The number of anilines is 1. The van der Waals surface area contributed by atoms with E-state index in [2.05, 4.69) is 5.32 Å². The Kier molecular flexibility index (Phi) is 5.82. The van der Waals surface area contributed by atoms with E-state index in [1.165, 1.54) is 42.5 Å². The number of primary sulfonamides is 1. The fourth-order valence-electron chi connectivity index (χ4n) is 2.50. The summed E-state index contributed by atoms with van der Waals surface area (Å²) in [4.78, 5) is 37.4. The van der Waals surface area contributed by atoms with E-state index in [1.807, 2.05) is 0 Å². The third-order valence-corrected chi connectivity index (χ3v) is 5.78. The van der Waals surface area contributed by atoms with Gasteiger partial charge in [0.15, 0.2) is 0 Å². The largest absolute Gasteiger partial charge is 0.508 e. The Morgan fingerprint density at radius 3 is 2.40 bits per heavy atom. The smallest absolute Gasteiger partial charge is 0.294 e. The van der Waals surface area contributed by atoms with Crippen LogP contribution in [0.15, 0.2) is 52.3 Å². The number of phenols is 2. The van der Waals surface area contributed by atoms with Gasteiger partial charge in [-0.3, -0.25) is 19.3 Å².